The van der Waals surface area contributed by atoms with Crippen molar-refractivity contribution >= 4 is 17.0 Å². The molecule has 9 heteroatoms. The lowest BCUT2D eigenvalue weighted by Crippen LogP contribution is -2.57. The Hall–Kier alpha value is -3.98. The van der Waals surface area contributed by atoms with Crippen molar-refractivity contribution in [2.75, 3.05) is 20.2 Å². The molecule has 1 aliphatic heterocycles. The van der Waals surface area contributed by atoms with Gasteiger partial charge in [0.25, 0.3) is 0 Å². The Morgan fingerprint density at radius 2 is 1.89 bits per heavy atom. The molecule has 5 rings (SSSR count). The lowest BCUT2D eigenvalue weighted by Gasteiger charge is -2.37. The number of benzene rings is 2. The SMILES string of the molecule is COc1cc2ncnc(-c3cn(C)nc3-c3ccccc3)c2cc1OC(=O)N1CCN[C@H](C)[C@@H]1C. The number of carbonyl (C=O) groups excluding carboxylic acids is 1. The van der Waals surface area contributed by atoms with Crippen LogP contribution < -0.4 is 14.8 Å². The smallest absolute Gasteiger partial charge is 0.415 e. The van der Waals surface area contributed by atoms with E-state index in [2.05, 4.69) is 27.3 Å². The Balaban J connectivity index is 1.59. The van der Waals surface area contributed by atoms with Crippen molar-refractivity contribution in [3.05, 3.63) is 55.0 Å². The lowest BCUT2D eigenvalue weighted by molar-refractivity contribution is 0.108. The highest BCUT2D eigenvalue weighted by atomic mass is 16.6. The third-order valence-electron chi connectivity index (χ3n) is 6.52. The molecule has 1 aliphatic rings. The maximum atomic E-state index is 13.1. The van der Waals surface area contributed by atoms with Gasteiger partial charge in [0.15, 0.2) is 11.5 Å². The molecule has 35 heavy (non-hydrogen) atoms. The van der Waals surface area contributed by atoms with E-state index in [4.69, 9.17) is 9.47 Å². The Morgan fingerprint density at radius 3 is 2.66 bits per heavy atom. The van der Waals surface area contributed by atoms with Gasteiger partial charge in [-0.1, -0.05) is 30.3 Å². The van der Waals surface area contributed by atoms with Crippen LogP contribution in [0.1, 0.15) is 13.8 Å². The van der Waals surface area contributed by atoms with Gasteiger partial charge in [-0.25, -0.2) is 14.8 Å². The zero-order chi connectivity index (χ0) is 24.5. The molecule has 1 N–H and O–H groups in total. The van der Waals surface area contributed by atoms with Gasteiger partial charge in [-0.2, -0.15) is 5.10 Å². The van der Waals surface area contributed by atoms with Crippen LogP contribution in [0.15, 0.2) is 55.0 Å². The molecule has 2 aromatic heterocycles. The Bertz CT molecular complexity index is 1370. The van der Waals surface area contributed by atoms with E-state index in [1.807, 2.05) is 50.5 Å². The number of amides is 1. The molecule has 0 unspecified atom stereocenters. The third kappa shape index (κ3) is 4.30. The largest absolute Gasteiger partial charge is 0.493 e. The first kappa shape index (κ1) is 22.8. The van der Waals surface area contributed by atoms with Crippen LogP contribution in [-0.4, -0.2) is 63.0 Å². The summed E-state index contributed by atoms with van der Waals surface area (Å²) in [5.74, 6) is 0.755. The number of methoxy groups -OCH3 is 1. The molecule has 1 fully saturated rings. The van der Waals surface area contributed by atoms with Gasteiger partial charge in [0.1, 0.15) is 12.0 Å². The Morgan fingerprint density at radius 1 is 1.09 bits per heavy atom. The van der Waals surface area contributed by atoms with Crippen LogP contribution in [0.2, 0.25) is 0 Å². The van der Waals surface area contributed by atoms with Gasteiger partial charge in [0.2, 0.25) is 0 Å². The zero-order valence-corrected chi connectivity index (χ0v) is 20.2. The van der Waals surface area contributed by atoms with E-state index in [9.17, 15) is 4.79 Å². The van der Waals surface area contributed by atoms with Gasteiger partial charge in [-0.15, -0.1) is 0 Å². The van der Waals surface area contributed by atoms with Crippen LogP contribution in [0.25, 0.3) is 33.4 Å². The zero-order valence-electron chi connectivity index (χ0n) is 20.2. The van der Waals surface area contributed by atoms with E-state index in [-0.39, 0.29) is 12.1 Å². The number of hydrogen-bond acceptors (Lipinski definition) is 7. The first-order valence-electron chi connectivity index (χ1n) is 11.6. The second-order valence-electron chi connectivity index (χ2n) is 8.72. The molecule has 0 spiro atoms. The Labute approximate surface area is 203 Å². The maximum absolute atomic E-state index is 13.1. The van der Waals surface area contributed by atoms with Crippen molar-refractivity contribution in [2.45, 2.75) is 25.9 Å². The molecular formula is C26H28N6O3. The van der Waals surface area contributed by atoms with Crippen molar-refractivity contribution in [1.29, 1.82) is 0 Å². The molecule has 1 saturated heterocycles. The van der Waals surface area contributed by atoms with E-state index in [0.29, 0.717) is 29.3 Å². The van der Waals surface area contributed by atoms with Crippen LogP contribution in [-0.2, 0) is 7.05 Å². The average Bonchev–Trinajstić information content (AvgIpc) is 3.26. The first-order valence-corrected chi connectivity index (χ1v) is 11.6. The number of fused-ring (bicyclic) bond motifs is 1. The highest BCUT2D eigenvalue weighted by molar-refractivity contribution is 5.97. The van der Waals surface area contributed by atoms with Crippen molar-refractivity contribution < 1.29 is 14.3 Å². The fourth-order valence-electron chi connectivity index (χ4n) is 4.46. The first-order chi connectivity index (χ1) is 17.0. The summed E-state index contributed by atoms with van der Waals surface area (Å²) in [6.07, 6.45) is 3.05. The minimum Gasteiger partial charge on any atom is -0.493 e. The van der Waals surface area contributed by atoms with E-state index in [1.165, 1.54) is 6.33 Å². The van der Waals surface area contributed by atoms with Crippen LogP contribution in [0, 0.1) is 0 Å². The summed E-state index contributed by atoms with van der Waals surface area (Å²) in [5.41, 5.74) is 4.03. The number of aromatic nitrogens is 4. The van der Waals surface area contributed by atoms with Gasteiger partial charge in [0.05, 0.1) is 18.3 Å². The quantitative estimate of drug-likeness (QED) is 0.482. The van der Waals surface area contributed by atoms with Crippen LogP contribution in [0.4, 0.5) is 4.79 Å². The Kier molecular flexibility index (Phi) is 6.08. The van der Waals surface area contributed by atoms with Crippen molar-refractivity contribution in [1.82, 2.24) is 30.0 Å². The van der Waals surface area contributed by atoms with Gasteiger partial charge < -0.3 is 19.7 Å². The fourth-order valence-corrected chi connectivity index (χ4v) is 4.46. The number of hydrogen-bond donors (Lipinski definition) is 1. The predicted octanol–water partition coefficient (Wildman–Crippen LogP) is 3.89. The van der Waals surface area contributed by atoms with Crippen LogP contribution in [0.5, 0.6) is 11.5 Å². The van der Waals surface area contributed by atoms with Crippen molar-refractivity contribution in [2.24, 2.45) is 7.05 Å². The van der Waals surface area contributed by atoms with Gasteiger partial charge >= 0.3 is 6.09 Å². The average molecular weight is 473 g/mol. The summed E-state index contributed by atoms with van der Waals surface area (Å²) in [7, 11) is 3.43. The maximum Gasteiger partial charge on any atom is 0.415 e. The van der Waals surface area contributed by atoms with E-state index in [1.54, 1.807) is 28.8 Å². The van der Waals surface area contributed by atoms with E-state index >= 15 is 0 Å². The fraction of sp³-hybridized carbons (Fsp3) is 0.308. The normalized spacial score (nSPS) is 18.0. The second kappa shape index (κ2) is 9.34. The molecule has 1 amide bonds. The number of aryl methyl sites for hydroxylation is 1. The number of piperazine rings is 1. The molecule has 0 bridgehead atoms. The highest BCUT2D eigenvalue weighted by Crippen LogP contribution is 2.38. The summed E-state index contributed by atoms with van der Waals surface area (Å²) < 4.78 is 13.2. The van der Waals surface area contributed by atoms with Crippen LogP contribution in [0.3, 0.4) is 0 Å². The molecule has 2 aromatic carbocycles. The molecule has 4 aromatic rings. The van der Waals surface area contributed by atoms with Crippen molar-refractivity contribution in [3.63, 3.8) is 0 Å². The van der Waals surface area contributed by atoms with E-state index < -0.39 is 6.09 Å². The molecule has 3 heterocycles. The number of carbonyl (C=O) groups is 1. The lowest BCUT2D eigenvalue weighted by atomic mass is 10.0. The summed E-state index contributed by atoms with van der Waals surface area (Å²) in [6.45, 7) is 5.36. The minimum atomic E-state index is -0.409. The molecule has 0 aliphatic carbocycles. The monoisotopic (exact) mass is 472 g/mol. The molecule has 0 saturated carbocycles. The molecule has 9 nitrogen and oxygen atoms in total. The predicted molar refractivity (Wildman–Crippen MR) is 133 cm³/mol. The van der Waals surface area contributed by atoms with E-state index in [0.717, 1.165) is 28.8 Å². The van der Waals surface area contributed by atoms with Gasteiger partial charge in [0, 0.05) is 61.0 Å². The second-order valence-corrected chi connectivity index (χ2v) is 8.72. The number of nitrogens with zero attached hydrogens (tertiary/aromatic N) is 5. The van der Waals surface area contributed by atoms with Crippen LogP contribution >= 0.6 is 0 Å². The van der Waals surface area contributed by atoms with Gasteiger partial charge in [-0.05, 0) is 19.9 Å². The topological polar surface area (TPSA) is 94.4 Å². The molecule has 0 radical (unpaired) electrons. The minimum absolute atomic E-state index is 0.00502. The molecule has 180 valence electrons. The summed E-state index contributed by atoms with van der Waals surface area (Å²) in [6, 6.07) is 13.7. The number of nitrogens with one attached hydrogen (secondary N) is 1. The summed E-state index contributed by atoms with van der Waals surface area (Å²) in [5, 5.41) is 8.79. The van der Waals surface area contributed by atoms with Crippen molar-refractivity contribution in [3.8, 4) is 34.0 Å². The molecule has 2 atom stereocenters. The van der Waals surface area contributed by atoms with Gasteiger partial charge in [-0.3, -0.25) is 4.68 Å². The standard InChI is InChI=1S/C26H28N6O3/c1-16-17(2)32(11-10-27-16)26(33)35-23-12-19-21(13-22(23)34-4)28-15-29-25(19)20-14-31(3)30-24(20)18-8-6-5-7-9-18/h5-9,12-17,27H,10-11H2,1-4H3/t16-,17+/m1/s1. The third-order valence-corrected chi connectivity index (χ3v) is 6.52. The number of ether oxygens (including phenoxy) is 2. The highest BCUT2D eigenvalue weighted by Gasteiger charge is 2.30. The summed E-state index contributed by atoms with van der Waals surface area (Å²) >= 11 is 0. The molecular weight excluding hydrogens is 444 g/mol. The number of rotatable bonds is 4. The summed E-state index contributed by atoms with van der Waals surface area (Å²) in [4.78, 5) is 23.9.